The van der Waals surface area contributed by atoms with Gasteiger partial charge in [0.05, 0.1) is 6.10 Å². The molecule has 0 radical (unpaired) electrons. The van der Waals surface area contributed by atoms with Crippen LogP contribution in [0.2, 0.25) is 0 Å². The lowest BCUT2D eigenvalue weighted by Crippen LogP contribution is -2.49. The van der Waals surface area contributed by atoms with Crippen molar-refractivity contribution in [1.82, 2.24) is 4.57 Å². The van der Waals surface area contributed by atoms with Gasteiger partial charge in [-0.2, -0.15) is 0 Å². The Bertz CT molecular complexity index is 552. The number of hydrogen-bond acceptors (Lipinski definition) is 2. The SMILES string of the molecule is Cn1cc(C2(CN)CC(O)C2)c2ccccc21. The number of aliphatic hydroxyl groups excluding tert-OH is 1. The van der Waals surface area contributed by atoms with Crippen molar-refractivity contribution in [3.05, 3.63) is 36.0 Å². The molecule has 1 saturated carbocycles. The number of nitrogens with zero attached hydrogens (tertiary/aromatic N) is 1. The maximum absolute atomic E-state index is 9.59. The third-order valence-electron chi connectivity index (χ3n) is 4.11. The van der Waals surface area contributed by atoms with Crippen molar-refractivity contribution in [3.63, 3.8) is 0 Å². The van der Waals surface area contributed by atoms with Crippen LogP contribution in [-0.2, 0) is 12.5 Å². The molecule has 90 valence electrons. The summed E-state index contributed by atoms with van der Waals surface area (Å²) in [6.07, 6.45) is 3.57. The molecule has 17 heavy (non-hydrogen) atoms. The lowest BCUT2D eigenvalue weighted by molar-refractivity contribution is 0.0228. The zero-order valence-corrected chi connectivity index (χ0v) is 10.1. The quantitative estimate of drug-likeness (QED) is 0.822. The van der Waals surface area contributed by atoms with E-state index in [4.69, 9.17) is 5.73 Å². The number of fused-ring (bicyclic) bond motifs is 1. The molecule has 1 aromatic heterocycles. The van der Waals surface area contributed by atoms with Gasteiger partial charge in [-0.25, -0.2) is 0 Å². The van der Waals surface area contributed by atoms with E-state index in [1.165, 1.54) is 16.5 Å². The standard InChI is InChI=1S/C14H18N2O/c1-16-8-12(11-4-2-3-5-13(11)16)14(9-15)6-10(17)7-14/h2-5,8,10,17H,6-7,9,15H2,1H3. The largest absolute Gasteiger partial charge is 0.393 e. The van der Waals surface area contributed by atoms with Crippen LogP contribution in [0.4, 0.5) is 0 Å². The Morgan fingerprint density at radius 3 is 2.76 bits per heavy atom. The van der Waals surface area contributed by atoms with Crippen molar-refractivity contribution in [2.24, 2.45) is 12.8 Å². The number of aromatic nitrogens is 1. The third-order valence-corrected chi connectivity index (χ3v) is 4.11. The second-order valence-electron chi connectivity index (χ2n) is 5.22. The number of benzene rings is 1. The molecule has 3 heteroatoms. The van der Waals surface area contributed by atoms with Crippen molar-refractivity contribution >= 4 is 10.9 Å². The normalized spacial score (nSPS) is 28.3. The molecule has 0 amide bonds. The summed E-state index contributed by atoms with van der Waals surface area (Å²) in [4.78, 5) is 0. The summed E-state index contributed by atoms with van der Waals surface area (Å²) < 4.78 is 2.15. The first-order valence-corrected chi connectivity index (χ1v) is 6.09. The van der Waals surface area contributed by atoms with E-state index >= 15 is 0 Å². The van der Waals surface area contributed by atoms with E-state index in [9.17, 15) is 5.11 Å². The third kappa shape index (κ3) is 1.43. The van der Waals surface area contributed by atoms with E-state index in [1.807, 2.05) is 0 Å². The van der Waals surface area contributed by atoms with Crippen molar-refractivity contribution in [2.75, 3.05) is 6.54 Å². The van der Waals surface area contributed by atoms with E-state index in [1.54, 1.807) is 0 Å². The molecule has 0 aliphatic heterocycles. The Balaban J connectivity index is 2.17. The van der Waals surface area contributed by atoms with Gasteiger partial charge in [-0.1, -0.05) is 18.2 Å². The molecule has 2 aromatic rings. The van der Waals surface area contributed by atoms with E-state index in [0.29, 0.717) is 6.54 Å². The molecule has 0 spiro atoms. The molecule has 1 aromatic carbocycles. The van der Waals surface area contributed by atoms with Gasteiger partial charge in [-0.15, -0.1) is 0 Å². The second kappa shape index (κ2) is 3.59. The molecule has 3 rings (SSSR count). The highest BCUT2D eigenvalue weighted by molar-refractivity contribution is 5.85. The Hall–Kier alpha value is -1.32. The predicted molar refractivity (Wildman–Crippen MR) is 68.9 cm³/mol. The van der Waals surface area contributed by atoms with Crippen LogP contribution in [-0.4, -0.2) is 22.3 Å². The fourth-order valence-corrected chi connectivity index (χ4v) is 3.10. The fourth-order valence-electron chi connectivity index (χ4n) is 3.10. The number of para-hydroxylation sites is 1. The molecule has 1 aliphatic rings. The summed E-state index contributed by atoms with van der Waals surface area (Å²) in [5.41, 5.74) is 8.46. The molecule has 3 N–H and O–H groups in total. The van der Waals surface area contributed by atoms with Crippen molar-refractivity contribution in [1.29, 1.82) is 0 Å². The minimum Gasteiger partial charge on any atom is -0.393 e. The Labute approximate surface area is 101 Å². The van der Waals surface area contributed by atoms with Gasteiger partial charge < -0.3 is 15.4 Å². The molecule has 0 atom stereocenters. The van der Waals surface area contributed by atoms with Gasteiger partial charge in [-0.3, -0.25) is 0 Å². The number of hydrogen-bond donors (Lipinski definition) is 2. The molecule has 1 heterocycles. The van der Waals surface area contributed by atoms with Crippen LogP contribution in [0.15, 0.2) is 30.5 Å². The van der Waals surface area contributed by atoms with Crippen LogP contribution in [0, 0.1) is 0 Å². The van der Waals surface area contributed by atoms with Crippen molar-refractivity contribution in [3.8, 4) is 0 Å². The number of nitrogens with two attached hydrogens (primary N) is 1. The van der Waals surface area contributed by atoms with Gasteiger partial charge in [0.2, 0.25) is 0 Å². The number of aryl methyl sites for hydroxylation is 1. The van der Waals surface area contributed by atoms with Gasteiger partial charge in [-0.05, 0) is 24.5 Å². The van der Waals surface area contributed by atoms with Crippen LogP contribution < -0.4 is 5.73 Å². The Kier molecular flexibility index (Phi) is 2.28. The van der Waals surface area contributed by atoms with Crippen LogP contribution in [0.3, 0.4) is 0 Å². The van der Waals surface area contributed by atoms with Crippen LogP contribution in [0.1, 0.15) is 18.4 Å². The molecular weight excluding hydrogens is 212 g/mol. The van der Waals surface area contributed by atoms with E-state index in [-0.39, 0.29) is 11.5 Å². The highest BCUT2D eigenvalue weighted by Gasteiger charge is 2.45. The lowest BCUT2D eigenvalue weighted by Gasteiger charge is -2.44. The molecule has 0 saturated heterocycles. The molecule has 1 aliphatic carbocycles. The van der Waals surface area contributed by atoms with Crippen molar-refractivity contribution in [2.45, 2.75) is 24.4 Å². The maximum atomic E-state index is 9.59. The summed E-state index contributed by atoms with van der Waals surface area (Å²) >= 11 is 0. The maximum Gasteiger partial charge on any atom is 0.0558 e. The van der Waals surface area contributed by atoms with E-state index in [2.05, 4.69) is 42.1 Å². The monoisotopic (exact) mass is 230 g/mol. The van der Waals surface area contributed by atoms with Gasteiger partial charge in [0.1, 0.15) is 0 Å². The predicted octanol–water partition coefficient (Wildman–Crippen LogP) is 1.53. The van der Waals surface area contributed by atoms with Crippen LogP contribution >= 0.6 is 0 Å². The summed E-state index contributed by atoms with van der Waals surface area (Å²) in [6.45, 7) is 0.609. The van der Waals surface area contributed by atoms with E-state index < -0.39 is 0 Å². The highest BCUT2D eigenvalue weighted by atomic mass is 16.3. The minimum atomic E-state index is -0.183. The summed E-state index contributed by atoms with van der Waals surface area (Å²) in [5.74, 6) is 0. The summed E-state index contributed by atoms with van der Waals surface area (Å²) in [5, 5.41) is 10.9. The zero-order valence-electron chi connectivity index (χ0n) is 10.1. The average Bonchev–Trinajstić information content (AvgIpc) is 2.64. The van der Waals surface area contributed by atoms with Crippen molar-refractivity contribution < 1.29 is 5.11 Å². The summed E-state index contributed by atoms with van der Waals surface area (Å²) in [6, 6.07) is 8.38. The highest BCUT2D eigenvalue weighted by Crippen LogP contribution is 2.45. The molecule has 0 unspecified atom stereocenters. The van der Waals surface area contributed by atoms with Gasteiger partial charge in [0.15, 0.2) is 0 Å². The first kappa shape index (κ1) is 10.8. The van der Waals surface area contributed by atoms with Gasteiger partial charge in [0.25, 0.3) is 0 Å². The first-order valence-electron chi connectivity index (χ1n) is 6.09. The topological polar surface area (TPSA) is 51.2 Å². The van der Waals surface area contributed by atoms with Gasteiger partial charge in [0, 0.05) is 36.1 Å². The van der Waals surface area contributed by atoms with E-state index in [0.717, 1.165) is 12.8 Å². The second-order valence-corrected chi connectivity index (χ2v) is 5.22. The minimum absolute atomic E-state index is 0.0136. The van der Waals surface area contributed by atoms with Gasteiger partial charge >= 0.3 is 0 Å². The lowest BCUT2D eigenvalue weighted by atomic mass is 9.63. The fraction of sp³-hybridized carbons (Fsp3) is 0.429. The Morgan fingerprint density at radius 1 is 1.41 bits per heavy atom. The average molecular weight is 230 g/mol. The number of rotatable bonds is 2. The van der Waals surface area contributed by atoms with Crippen LogP contribution in [0.25, 0.3) is 10.9 Å². The molecular formula is C14H18N2O. The first-order chi connectivity index (χ1) is 8.16. The molecule has 3 nitrogen and oxygen atoms in total. The smallest absolute Gasteiger partial charge is 0.0558 e. The Morgan fingerprint density at radius 2 is 2.12 bits per heavy atom. The zero-order chi connectivity index (χ0) is 12.0. The van der Waals surface area contributed by atoms with Crippen LogP contribution in [0.5, 0.6) is 0 Å². The molecule has 0 bridgehead atoms. The summed E-state index contributed by atoms with van der Waals surface area (Å²) in [7, 11) is 2.06. The number of aliphatic hydroxyl groups is 1. The molecule has 1 fully saturated rings.